The number of anilines is 1. The molecule has 1 amide bonds. The maximum absolute atomic E-state index is 12.2. The van der Waals surface area contributed by atoms with E-state index in [4.69, 9.17) is 10.5 Å². The van der Waals surface area contributed by atoms with Crippen molar-refractivity contribution < 1.29 is 9.53 Å². The van der Waals surface area contributed by atoms with Crippen molar-refractivity contribution in [3.05, 3.63) is 23.8 Å². The molecule has 3 N–H and O–H groups in total. The van der Waals surface area contributed by atoms with Gasteiger partial charge in [-0.2, -0.15) is 0 Å². The highest BCUT2D eigenvalue weighted by atomic mass is 16.5. The molecule has 0 bridgehead atoms. The topological polar surface area (TPSA) is 67.6 Å². The Labute approximate surface area is 120 Å². The standard InChI is InChI=1S/C15H23N3O2/c1-3-18-8-4-5-12(18)10-17-15(19)13-7-6-11(16)9-14(13)20-2/h6-7,9,12H,3-5,8,10,16H2,1-2H3,(H,17,19). The molecule has 1 fully saturated rings. The van der Waals surface area contributed by atoms with E-state index in [1.807, 2.05) is 0 Å². The van der Waals surface area contributed by atoms with Crippen LogP contribution in [0.5, 0.6) is 5.75 Å². The third-order valence-corrected chi connectivity index (χ3v) is 3.87. The van der Waals surface area contributed by atoms with Gasteiger partial charge in [0.05, 0.1) is 12.7 Å². The number of ether oxygens (including phenoxy) is 1. The zero-order valence-electron chi connectivity index (χ0n) is 12.2. The average Bonchev–Trinajstić information content (AvgIpc) is 2.92. The number of amides is 1. The summed E-state index contributed by atoms with van der Waals surface area (Å²) >= 11 is 0. The minimum absolute atomic E-state index is 0.107. The van der Waals surface area contributed by atoms with Gasteiger partial charge in [-0.05, 0) is 38.1 Å². The van der Waals surface area contributed by atoms with Crippen LogP contribution in [0.3, 0.4) is 0 Å². The monoisotopic (exact) mass is 277 g/mol. The van der Waals surface area contributed by atoms with Crippen LogP contribution < -0.4 is 15.8 Å². The lowest BCUT2D eigenvalue weighted by Gasteiger charge is -2.23. The molecular formula is C15H23N3O2. The highest BCUT2D eigenvalue weighted by molar-refractivity contribution is 5.97. The summed E-state index contributed by atoms with van der Waals surface area (Å²) < 4.78 is 5.21. The molecule has 20 heavy (non-hydrogen) atoms. The van der Waals surface area contributed by atoms with E-state index in [1.54, 1.807) is 25.3 Å². The Morgan fingerprint density at radius 3 is 3.05 bits per heavy atom. The Kier molecular flexibility index (Phi) is 4.84. The molecule has 1 aliphatic rings. The second kappa shape index (κ2) is 6.61. The number of rotatable bonds is 5. The number of carbonyl (C=O) groups is 1. The molecule has 1 aromatic carbocycles. The number of benzene rings is 1. The average molecular weight is 277 g/mol. The van der Waals surface area contributed by atoms with Crippen molar-refractivity contribution in [3.8, 4) is 5.75 Å². The minimum Gasteiger partial charge on any atom is -0.496 e. The minimum atomic E-state index is -0.107. The Hall–Kier alpha value is -1.75. The van der Waals surface area contributed by atoms with Crippen LogP contribution in [-0.2, 0) is 0 Å². The quantitative estimate of drug-likeness (QED) is 0.800. The van der Waals surface area contributed by atoms with Gasteiger partial charge >= 0.3 is 0 Å². The van der Waals surface area contributed by atoms with Gasteiger partial charge in [0.2, 0.25) is 0 Å². The third kappa shape index (κ3) is 3.22. The predicted molar refractivity (Wildman–Crippen MR) is 80.0 cm³/mol. The van der Waals surface area contributed by atoms with Crippen molar-refractivity contribution in [3.63, 3.8) is 0 Å². The van der Waals surface area contributed by atoms with Crippen molar-refractivity contribution in [1.82, 2.24) is 10.2 Å². The highest BCUT2D eigenvalue weighted by Crippen LogP contribution is 2.21. The lowest BCUT2D eigenvalue weighted by Crippen LogP contribution is -2.40. The van der Waals surface area contributed by atoms with E-state index in [-0.39, 0.29) is 5.91 Å². The van der Waals surface area contributed by atoms with Crippen LogP contribution in [0.2, 0.25) is 0 Å². The number of nitrogen functional groups attached to an aromatic ring is 1. The lowest BCUT2D eigenvalue weighted by molar-refractivity contribution is 0.0938. The van der Waals surface area contributed by atoms with Crippen LogP contribution in [0.4, 0.5) is 5.69 Å². The van der Waals surface area contributed by atoms with E-state index in [9.17, 15) is 4.79 Å². The molecule has 1 saturated heterocycles. The van der Waals surface area contributed by atoms with Crippen LogP contribution in [0.25, 0.3) is 0 Å². The van der Waals surface area contributed by atoms with Gasteiger partial charge in [0.25, 0.3) is 5.91 Å². The fourth-order valence-electron chi connectivity index (χ4n) is 2.74. The first-order valence-electron chi connectivity index (χ1n) is 7.11. The molecule has 0 aliphatic carbocycles. The molecule has 0 radical (unpaired) electrons. The molecule has 0 spiro atoms. The molecule has 1 unspecified atom stereocenters. The number of methoxy groups -OCH3 is 1. The Balaban J connectivity index is 1.98. The summed E-state index contributed by atoms with van der Waals surface area (Å²) in [6.45, 7) is 5.00. The Morgan fingerprint density at radius 1 is 1.55 bits per heavy atom. The van der Waals surface area contributed by atoms with Crippen LogP contribution in [0.15, 0.2) is 18.2 Å². The Morgan fingerprint density at radius 2 is 2.35 bits per heavy atom. The first-order valence-corrected chi connectivity index (χ1v) is 7.11. The van der Waals surface area contributed by atoms with E-state index in [2.05, 4.69) is 17.1 Å². The SMILES string of the molecule is CCN1CCCC1CNC(=O)c1ccc(N)cc1OC. The number of nitrogens with two attached hydrogens (primary N) is 1. The maximum Gasteiger partial charge on any atom is 0.255 e. The van der Waals surface area contributed by atoms with Crippen molar-refractivity contribution in [2.75, 3.05) is 32.5 Å². The predicted octanol–water partition coefficient (Wildman–Crippen LogP) is 1.49. The van der Waals surface area contributed by atoms with E-state index in [1.165, 1.54) is 6.42 Å². The molecule has 1 atom stereocenters. The van der Waals surface area contributed by atoms with Gasteiger partial charge in [0.15, 0.2) is 0 Å². The normalized spacial score (nSPS) is 19.0. The maximum atomic E-state index is 12.2. The van der Waals surface area contributed by atoms with Crippen LogP contribution >= 0.6 is 0 Å². The van der Waals surface area contributed by atoms with Crippen LogP contribution in [0.1, 0.15) is 30.1 Å². The van der Waals surface area contributed by atoms with Gasteiger partial charge in [0, 0.05) is 24.3 Å². The van der Waals surface area contributed by atoms with E-state index >= 15 is 0 Å². The lowest BCUT2D eigenvalue weighted by atomic mass is 10.1. The third-order valence-electron chi connectivity index (χ3n) is 3.87. The molecule has 5 nitrogen and oxygen atoms in total. The highest BCUT2D eigenvalue weighted by Gasteiger charge is 2.23. The molecule has 2 rings (SSSR count). The van der Waals surface area contributed by atoms with Crippen molar-refractivity contribution in [1.29, 1.82) is 0 Å². The summed E-state index contributed by atoms with van der Waals surface area (Å²) in [4.78, 5) is 14.6. The van der Waals surface area contributed by atoms with Crippen molar-refractivity contribution in [2.24, 2.45) is 0 Å². The Bertz CT molecular complexity index is 476. The van der Waals surface area contributed by atoms with E-state index in [0.717, 1.165) is 19.5 Å². The van der Waals surface area contributed by atoms with Gasteiger partial charge < -0.3 is 15.8 Å². The number of likely N-dealkylation sites (N-methyl/N-ethyl adjacent to an activating group) is 1. The fourth-order valence-corrected chi connectivity index (χ4v) is 2.74. The number of carbonyl (C=O) groups excluding carboxylic acids is 1. The molecule has 1 heterocycles. The zero-order chi connectivity index (χ0) is 14.5. The summed E-state index contributed by atoms with van der Waals surface area (Å²) in [5.74, 6) is 0.408. The molecule has 0 saturated carbocycles. The molecule has 1 aromatic rings. The zero-order valence-corrected chi connectivity index (χ0v) is 12.2. The molecular weight excluding hydrogens is 254 g/mol. The molecule has 5 heteroatoms. The van der Waals surface area contributed by atoms with Gasteiger partial charge in [-0.1, -0.05) is 6.92 Å². The molecule has 110 valence electrons. The summed E-state index contributed by atoms with van der Waals surface area (Å²) in [5.41, 5.74) is 6.81. The second-order valence-corrected chi connectivity index (χ2v) is 5.09. The van der Waals surface area contributed by atoms with Crippen LogP contribution in [-0.4, -0.2) is 43.6 Å². The number of hydrogen-bond acceptors (Lipinski definition) is 4. The number of likely N-dealkylation sites (tertiary alicyclic amines) is 1. The summed E-state index contributed by atoms with van der Waals surface area (Å²) in [5, 5.41) is 3.00. The van der Waals surface area contributed by atoms with Gasteiger partial charge in [-0.25, -0.2) is 0 Å². The van der Waals surface area contributed by atoms with E-state index < -0.39 is 0 Å². The van der Waals surface area contributed by atoms with Crippen LogP contribution in [0, 0.1) is 0 Å². The second-order valence-electron chi connectivity index (χ2n) is 5.09. The van der Waals surface area contributed by atoms with Gasteiger partial charge in [-0.3, -0.25) is 9.69 Å². The molecule has 1 aliphatic heterocycles. The number of nitrogens with one attached hydrogen (secondary N) is 1. The number of hydrogen-bond donors (Lipinski definition) is 2. The summed E-state index contributed by atoms with van der Waals surface area (Å²) in [6.07, 6.45) is 2.35. The first-order chi connectivity index (χ1) is 9.65. The molecule has 0 aromatic heterocycles. The smallest absolute Gasteiger partial charge is 0.255 e. The van der Waals surface area contributed by atoms with Gasteiger partial charge in [0.1, 0.15) is 5.75 Å². The largest absolute Gasteiger partial charge is 0.496 e. The van der Waals surface area contributed by atoms with Crippen molar-refractivity contribution >= 4 is 11.6 Å². The number of nitrogens with zero attached hydrogens (tertiary/aromatic N) is 1. The fraction of sp³-hybridized carbons (Fsp3) is 0.533. The summed E-state index contributed by atoms with van der Waals surface area (Å²) in [6, 6.07) is 5.54. The first kappa shape index (κ1) is 14.7. The van der Waals surface area contributed by atoms with Gasteiger partial charge in [-0.15, -0.1) is 0 Å². The van der Waals surface area contributed by atoms with Crippen molar-refractivity contribution in [2.45, 2.75) is 25.8 Å². The van der Waals surface area contributed by atoms with E-state index in [0.29, 0.717) is 29.6 Å². The summed E-state index contributed by atoms with van der Waals surface area (Å²) in [7, 11) is 1.54.